The highest BCUT2D eigenvalue weighted by molar-refractivity contribution is 7.18. The lowest BCUT2D eigenvalue weighted by molar-refractivity contribution is 0.0351. The molecule has 0 atom stereocenters. The van der Waals surface area contributed by atoms with Crippen molar-refractivity contribution in [3.05, 3.63) is 102 Å². The molecule has 1 aromatic heterocycles. The van der Waals surface area contributed by atoms with Crippen LogP contribution in [-0.4, -0.2) is 72.0 Å². The Kier molecular flexibility index (Phi) is 9.10. The lowest BCUT2D eigenvalue weighted by Crippen LogP contribution is -2.44. The maximum Gasteiger partial charge on any atom is 0.323 e. The van der Waals surface area contributed by atoms with Crippen LogP contribution in [0.15, 0.2) is 91.0 Å². The minimum atomic E-state index is -0.145. The molecule has 1 aliphatic heterocycles. The number of rotatable bonds is 10. The smallest absolute Gasteiger partial charge is 0.323 e. The molecular weight excluding hydrogens is 494 g/mol. The van der Waals surface area contributed by atoms with Crippen LogP contribution in [0.1, 0.15) is 23.5 Å². The Labute approximate surface area is 228 Å². The minimum Gasteiger partial charge on any atom is -0.379 e. The van der Waals surface area contributed by atoms with Crippen molar-refractivity contribution in [3.8, 4) is 10.6 Å². The van der Waals surface area contributed by atoms with Crippen molar-refractivity contribution in [3.63, 3.8) is 0 Å². The number of aromatic nitrogens is 2. The van der Waals surface area contributed by atoms with Crippen molar-refractivity contribution in [2.24, 2.45) is 0 Å². The van der Waals surface area contributed by atoms with Crippen LogP contribution in [0.5, 0.6) is 0 Å². The molecule has 0 radical (unpaired) electrons. The molecule has 0 aliphatic carbocycles. The quantitative estimate of drug-likeness (QED) is 0.291. The first-order valence-corrected chi connectivity index (χ1v) is 13.9. The number of nitrogens with zero attached hydrogens (tertiary/aromatic N) is 4. The normalized spacial score (nSPS) is 13.9. The fraction of sp³-hybridized carbons (Fsp3) is 0.300. The molecule has 5 rings (SSSR count). The van der Waals surface area contributed by atoms with Gasteiger partial charge in [-0.1, -0.05) is 102 Å². The Morgan fingerprint density at radius 2 is 1.47 bits per heavy atom. The molecule has 1 fully saturated rings. The van der Waals surface area contributed by atoms with E-state index < -0.39 is 0 Å². The second-order valence-corrected chi connectivity index (χ2v) is 10.3. The van der Waals surface area contributed by atoms with Crippen molar-refractivity contribution in [1.29, 1.82) is 0 Å². The predicted octanol–water partition coefficient (Wildman–Crippen LogP) is 5.59. The molecule has 0 unspecified atom stereocenters. The molecule has 0 saturated carbocycles. The number of ether oxygens (including phenoxy) is 1. The Hall–Kier alpha value is -3.59. The first kappa shape index (κ1) is 26.0. The van der Waals surface area contributed by atoms with E-state index in [1.54, 1.807) is 0 Å². The standard InChI is InChI=1S/C30H33N5O2S/c36-30(31-29-33-32-28(38-29)26-14-8-3-9-15-26)35(19-18-34-20-22-37-23-21-34)17-16-27(24-10-4-1-5-11-24)25-12-6-2-7-13-25/h1-15,27H,16-23H2,(H,31,33,36). The Morgan fingerprint density at radius 3 is 2.11 bits per heavy atom. The zero-order chi connectivity index (χ0) is 26.0. The molecule has 1 N–H and O–H groups in total. The highest BCUT2D eigenvalue weighted by Crippen LogP contribution is 2.29. The third-order valence-corrected chi connectivity index (χ3v) is 7.72. The Balaban J connectivity index is 1.30. The molecule has 196 valence electrons. The van der Waals surface area contributed by atoms with Crippen molar-refractivity contribution >= 4 is 22.5 Å². The van der Waals surface area contributed by atoms with E-state index in [0.717, 1.165) is 49.8 Å². The van der Waals surface area contributed by atoms with Crippen LogP contribution < -0.4 is 5.32 Å². The third kappa shape index (κ3) is 7.04. The highest BCUT2D eigenvalue weighted by Gasteiger charge is 2.21. The van der Waals surface area contributed by atoms with E-state index in [2.05, 4.69) is 68.9 Å². The summed E-state index contributed by atoms with van der Waals surface area (Å²) >= 11 is 1.39. The second kappa shape index (κ2) is 13.3. The topological polar surface area (TPSA) is 70.6 Å². The molecule has 8 heteroatoms. The Bertz CT molecular complexity index is 1220. The largest absolute Gasteiger partial charge is 0.379 e. The van der Waals surface area contributed by atoms with E-state index >= 15 is 0 Å². The number of morpholine rings is 1. The highest BCUT2D eigenvalue weighted by atomic mass is 32.1. The van der Waals surface area contributed by atoms with Gasteiger partial charge in [-0.05, 0) is 17.5 Å². The number of hydrogen-bond acceptors (Lipinski definition) is 6. The number of benzene rings is 3. The molecule has 38 heavy (non-hydrogen) atoms. The first-order valence-electron chi connectivity index (χ1n) is 13.1. The van der Waals surface area contributed by atoms with Crippen LogP contribution in [0.2, 0.25) is 0 Å². The lowest BCUT2D eigenvalue weighted by atomic mass is 9.88. The maximum atomic E-state index is 13.5. The number of carbonyl (C=O) groups is 1. The monoisotopic (exact) mass is 527 g/mol. The summed E-state index contributed by atoms with van der Waals surface area (Å²) in [5, 5.41) is 12.8. The molecule has 2 heterocycles. The summed E-state index contributed by atoms with van der Waals surface area (Å²) in [7, 11) is 0. The number of nitrogens with one attached hydrogen (secondary N) is 1. The van der Waals surface area contributed by atoms with Crippen molar-refractivity contribution in [1.82, 2.24) is 20.0 Å². The molecule has 2 amide bonds. The van der Waals surface area contributed by atoms with Crippen LogP contribution in [0, 0.1) is 0 Å². The van der Waals surface area contributed by atoms with Gasteiger partial charge < -0.3 is 9.64 Å². The van der Waals surface area contributed by atoms with Gasteiger partial charge in [0.2, 0.25) is 5.13 Å². The van der Waals surface area contributed by atoms with Gasteiger partial charge in [0.25, 0.3) is 0 Å². The Morgan fingerprint density at radius 1 is 0.868 bits per heavy atom. The van der Waals surface area contributed by atoms with Crippen molar-refractivity contribution in [2.45, 2.75) is 12.3 Å². The van der Waals surface area contributed by atoms with Gasteiger partial charge in [-0.3, -0.25) is 10.2 Å². The summed E-state index contributed by atoms with van der Waals surface area (Å²) in [6, 6.07) is 30.8. The number of amides is 2. The molecule has 7 nitrogen and oxygen atoms in total. The lowest BCUT2D eigenvalue weighted by Gasteiger charge is -2.31. The second-order valence-electron chi connectivity index (χ2n) is 9.31. The van der Waals surface area contributed by atoms with E-state index in [0.29, 0.717) is 18.2 Å². The molecule has 0 bridgehead atoms. The average molecular weight is 528 g/mol. The number of hydrogen-bond donors (Lipinski definition) is 1. The van der Waals surface area contributed by atoms with Crippen LogP contribution >= 0.6 is 11.3 Å². The van der Waals surface area contributed by atoms with Gasteiger partial charge in [-0.2, -0.15) is 0 Å². The zero-order valence-corrected chi connectivity index (χ0v) is 22.2. The van der Waals surface area contributed by atoms with Crippen molar-refractivity contribution < 1.29 is 9.53 Å². The molecule has 1 saturated heterocycles. The van der Waals surface area contributed by atoms with Gasteiger partial charge in [-0.25, -0.2) is 4.79 Å². The van der Waals surface area contributed by atoms with Crippen LogP contribution in [0.4, 0.5) is 9.93 Å². The summed E-state index contributed by atoms with van der Waals surface area (Å²) in [6.07, 6.45) is 0.815. The van der Waals surface area contributed by atoms with E-state index in [4.69, 9.17) is 4.74 Å². The predicted molar refractivity (Wildman–Crippen MR) is 153 cm³/mol. The maximum absolute atomic E-state index is 13.5. The van der Waals surface area contributed by atoms with Gasteiger partial charge in [0.05, 0.1) is 13.2 Å². The fourth-order valence-corrected chi connectivity index (χ4v) is 5.46. The molecule has 4 aromatic rings. The molecule has 1 aliphatic rings. The van der Waals surface area contributed by atoms with Crippen molar-refractivity contribution in [2.75, 3.05) is 51.3 Å². The van der Waals surface area contributed by atoms with Crippen LogP contribution in [0.25, 0.3) is 10.6 Å². The molecule has 0 spiro atoms. The zero-order valence-electron chi connectivity index (χ0n) is 21.4. The summed E-state index contributed by atoms with van der Waals surface area (Å²) in [6.45, 7) is 5.32. The van der Waals surface area contributed by atoms with Gasteiger partial charge in [-0.15, -0.1) is 10.2 Å². The number of carbonyl (C=O) groups excluding carboxylic acids is 1. The number of anilines is 1. The molecular formula is C30H33N5O2S. The SMILES string of the molecule is O=C(Nc1nnc(-c2ccccc2)s1)N(CCC(c1ccccc1)c1ccccc1)CCN1CCOCC1. The summed E-state index contributed by atoms with van der Waals surface area (Å²) in [4.78, 5) is 17.8. The van der Waals surface area contributed by atoms with Gasteiger partial charge in [0, 0.05) is 44.2 Å². The summed E-state index contributed by atoms with van der Waals surface area (Å²) in [5.41, 5.74) is 3.50. The molecule has 3 aromatic carbocycles. The minimum absolute atomic E-state index is 0.145. The van der Waals surface area contributed by atoms with E-state index in [9.17, 15) is 4.79 Å². The van der Waals surface area contributed by atoms with Gasteiger partial charge >= 0.3 is 6.03 Å². The third-order valence-electron chi connectivity index (χ3n) is 6.83. The fourth-order valence-electron chi connectivity index (χ4n) is 4.72. The van der Waals surface area contributed by atoms with E-state index in [1.807, 2.05) is 47.4 Å². The van der Waals surface area contributed by atoms with Crippen LogP contribution in [-0.2, 0) is 4.74 Å². The van der Waals surface area contributed by atoms with E-state index in [1.165, 1.54) is 22.5 Å². The van der Waals surface area contributed by atoms with E-state index in [-0.39, 0.29) is 11.9 Å². The van der Waals surface area contributed by atoms with Gasteiger partial charge in [0.15, 0.2) is 0 Å². The number of urea groups is 1. The van der Waals surface area contributed by atoms with Gasteiger partial charge in [0.1, 0.15) is 5.01 Å². The first-order chi connectivity index (χ1) is 18.8. The summed E-state index contributed by atoms with van der Waals surface area (Å²) < 4.78 is 5.50. The average Bonchev–Trinajstić information content (AvgIpc) is 3.45. The van der Waals surface area contributed by atoms with Crippen LogP contribution in [0.3, 0.4) is 0 Å². The summed E-state index contributed by atoms with van der Waals surface area (Å²) in [5.74, 6) is 0.197.